The van der Waals surface area contributed by atoms with Crippen molar-refractivity contribution in [3.05, 3.63) is 41.0 Å². The molecule has 0 unspecified atom stereocenters. The first kappa shape index (κ1) is 13.1. The quantitative estimate of drug-likeness (QED) is 0.714. The van der Waals surface area contributed by atoms with E-state index in [1.165, 1.54) is 5.56 Å². The van der Waals surface area contributed by atoms with Crippen LogP contribution < -0.4 is 5.32 Å². The summed E-state index contributed by atoms with van der Waals surface area (Å²) in [5.41, 5.74) is 3.23. The van der Waals surface area contributed by atoms with Crippen LogP contribution in [0.15, 0.2) is 24.3 Å². The molecule has 0 saturated carbocycles. The highest BCUT2D eigenvalue weighted by molar-refractivity contribution is 5.40. The molecule has 0 aliphatic heterocycles. The molecule has 0 bridgehead atoms. The molecule has 1 aromatic carbocycles. The van der Waals surface area contributed by atoms with Crippen LogP contribution >= 0.6 is 0 Å². The highest BCUT2D eigenvalue weighted by atomic mass is 16.3. The van der Waals surface area contributed by atoms with Crippen LogP contribution in [0.5, 0.6) is 5.75 Å². The van der Waals surface area contributed by atoms with Crippen molar-refractivity contribution in [2.45, 2.75) is 32.9 Å². The first-order valence-corrected chi connectivity index (χ1v) is 6.42. The average molecular weight is 247 g/mol. The number of hydrogen-bond acceptors (Lipinski definition) is 3. The molecular formula is C15H21NO2. The van der Waals surface area contributed by atoms with E-state index in [4.69, 9.17) is 5.11 Å². The summed E-state index contributed by atoms with van der Waals surface area (Å²) in [5.74, 6) is 0.627. The number of aliphatic hydroxyl groups excluding tert-OH is 1. The number of phenolic OH excluding ortho intramolecular Hbond substituents is 1. The minimum atomic E-state index is 0.212. The van der Waals surface area contributed by atoms with E-state index < -0.39 is 0 Å². The van der Waals surface area contributed by atoms with Crippen molar-refractivity contribution in [2.24, 2.45) is 5.92 Å². The van der Waals surface area contributed by atoms with E-state index in [1.807, 2.05) is 19.1 Å². The first-order chi connectivity index (χ1) is 8.60. The third-order valence-corrected chi connectivity index (χ3v) is 3.66. The van der Waals surface area contributed by atoms with Gasteiger partial charge in [-0.05, 0) is 37.5 Å². The van der Waals surface area contributed by atoms with Crippen LogP contribution in [0.3, 0.4) is 0 Å². The molecule has 2 atom stereocenters. The topological polar surface area (TPSA) is 52.5 Å². The van der Waals surface area contributed by atoms with Gasteiger partial charge in [-0.2, -0.15) is 0 Å². The molecule has 3 heteroatoms. The van der Waals surface area contributed by atoms with Gasteiger partial charge in [0.05, 0.1) is 0 Å². The van der Waals surface area contributed by atoms with E-state index in [-0.39, 0.29) is 12.5 Å². The summed E-state index contributed by atoms with van der Waals surface area (Å²) in [4.78, 5) is 0. The van der Waals surface area contributed by atoms with Crippen LogP contribution in [-0.2, 0) is 6.54 Å². The van der Waals surface area contributed by atoms with E-state index in [2.05, 4.69) is 24.4 Å². The fourth-order valence-corrected chi connectivity index (χ4v) is 2.30. The zero-order chi connectivity index (χ0) is 13.1. The number of aliphatic hydroxyl groups is 1. The highest BCUT2D eigenvalue weighted by Crippen LogP contribution is 2.23. The highest BCUT2D eigenvalue weighted by Gasteiger charge is 2.17. The Hall–Kier alpha value is -1.32. The van der Waals surface area contributed by atoms with E-state index in [0.717, 1.165) is 17.5 Å². The molecule has 0 radical (unpaired) electrons. The molecular weight excluding hydrogens is 226 g/mol. The predicted molar refractivity (Wildman–Crippen MR) is 72.5 cm³/mol. The number of hydrogen-bond donors (Lipinski definition) is 3. The molecule has 1 aliphatic rings. The predicted octanol–water partition coefficient (Wildman–Crippen LogP) is 2.04. The smallest absolute Gasteiger partial charge is 0.120 e. The van der Waals surface area contributed by atoms with Gasteiger partial charge < -0.3 is 15.5 Å². The maximum Gasteiger partial charge on any atom is 0.120 e. The van der Waals surface area contributed by atoms with Crippen LogP contribution in [0.25, 0.3) is 0 Å². The summed E-state index contributed by atoms with van der Waals surface area (Å²) in [7, 11) is 0. The minimum absolute atomic E-state index is 0.212. The maximum absolute atomic E-state index is 9.89. The fourth-order valence-electron chi connectivity index (χ4n) is 2.30. The first-order valence-electron chi connectivity index (χ1n) is 6.42. The Balaban J connectivity index is 1.95. The van der Waals surface area contributed by atoms with Crippen molar-refractivity contribution < 1.29 is 10.2 Å². The minimum Gasteiger partial charge on any atom is -0.508 e. The number of nitrogens with one attached hydrogen (secondary N) is 1. The Morgan fingerprint density at radius 2 is 1.94 bits per heavy atom. The fraction of sp³-hybridized carbons (Fsp3) is 0.467. The second-order valence-electron chi connectivity index (χ2n) is 5.12. The molecule has 0 aromatic heterocycles. The normalized spacial score (nSPS) is 22.6. The maximum atomic E-state index is 9.89. The number of aromatic hydroxyl groups is 1. The Labute approximate surface area is 108 Å². The third-order valence-electron chi connectivity index (χ3n) is 3.66. The number of phenols is 1. The number of rotatable bonds is 4. The lowest BCUT2D eigenvalue weighted by atomic mass is 10.0. The van der Waals surface area contributed by atoms with Gasteiger partial charge in [0.15, 0.2) is 0 Å². The van der Waals surface area contributed by atoms with Crippen LogP contribution in [0.2, 0.25) is 0 Å². The van der Waals surface area contributed by atoms with Gasteiger partial charge in [-0.25, -0.2) is 0 Å². The van der Waals surface area contributed by atoms with Crippen molar-refractivity contribution in [2.75, 3.05) is 6.61 Å². The molecule has 2 rings (SSSR count). The van der Waals surface area contributed by atoms with Gasteiger partial charge in [0.2, 0.25) is 0 Å². The Morgan fingerprint density at radius 3 is 2.61 bits per heavy atom. The zero-order valence-electron chi connectivity index (χ0n) is 11.0. The van der Waals surface area contributed by atoms with Gasteiger partial charge >= 0.3 is 0 Å². The summed E-state index contributed by atoms with van der Waals surface area (Å²) in [5, 5.41) is 22.3. The molecule has 1 aromatic rings. The summed E-state index contributed by atoms with van der Waals surface area (Å²) in [6, 6.07) is 4.14. The van der Waals surface area contributed by atoms with Gasteiger partial charge in [-0.1, -0.05) is 18.2 Å². The lowest BCUT2D eigenvalue weighted by molar-refractivity contribution is 0.246. The van der Waals surface area contributed by atoms with Crippen molar-refractivity contribution in [3.8, 4) is 5.75 Å². The average Bonchev–Trinajstić information content (AvgIpc) is 2.80. The molecule has 98 valence electrons. The number of benzene rings is 1. The molecule has 0 spiro atoms. The Kier molecular flexibility index (Phi) is 4.04. The lowest BCUT2D eigenvalue weighted by Gasteiger charge is -2.14. The van der Waals surface area contributed by atoms with E-state index in [9.17, 15) is 5.11 Å². The summed E-state index contributed by atoms with van der Waals surface area (Å²) < 4.78 is 0. The molecule has 0 heterocycles. The molecule has 1 aliphatic carbocycles. The van der Waals surface area contributed by atoms with Gasteiger partial charge in [-0.3, -0.25) is 0 Å². The molecule has 0 fully saturated rings. The molecule has 0 saturated heterocycles. The van der Waals surface area contributed by atoms with Crippen molar-refractivity contribution >= 4 is 0 Å². The molecule has 0 amide bonds. The summed E-state index contributed by atoms with van der Waals surface area (Å²) in [6.45, 7) is 4.91. The number of aryl methyl sites for hydroxylation is 2. The van der Waals surface area contributed by atoms with Crippen LogP contribution in [-0.4, -0.2) is 22.9 Å². The lowest BCUT2D eigenvalue weighted by Crippen LogP contribution is -2.26. The van der Waals surface area contributed by atoms with E-state index in [1.54, 1.807) is 0 Å². The van der Waals surface area contributed by atoms with Gasteiger partial charge in [-0.15, -0.1) is 0 Å². The van der Waals surface area contributed by atoms with Crippen molar-refractivity contribution in [1.29, 1.82) is 0 Å². The van der Waals surface area contributed by atoms with Crippen LogP contribution in [0, 0.1) is 19.8 Å². The zero-order valence-corrected chi connectivity index (χ0v) is 11.0. The van der Waals surface area contributed by atoms with Crippen molar-refractivity contribution in [1.82, 2.24) is 5.32 Å². The Bertz CT molecular complexity index is 454. The van der Waals surface area contributed by atoms with E-state index in [0.29, 0.717) is 18.3 Å². The van der Waals surface area contributed by atoms with Crippen molar-refractivity contribution in [3.63, 3.8) is 0 Å². The molecule has 3 N–H and O–H groups in total. The third kappa shape index (κ3) is 2.92. The largest absolute Gasteiger partial charge is 0.508 e. The molecule has 3 nitrogen and oxygen atoms in total. The van der Waals surface area contributed by atoms with Crippen LogP contribution in [0.1, 0.15) is 23.1 Å². The van der Waals surface area contributed by atoms with Crippen LogP contribution in [0.4, 0.5) is 0 Å². The second-order valence-corrected chi connectivity index (χ2v) is 5.12. The SMILES string of the molecule is Cc1cc(O)c(CN[C@@H]2C=C[C@H](CO)C2)cc1C. The molecule has 18 heavy (non-hydrogen) atoms. The standard InChI is InChI=1S/C15H21NO2/c1-10-5-13(15(18)6-11(10)2)8-16-14-4-3-12(7-14)9-17/h3-6,12,14,16-18H,7-9H2,1-2H3/t12-,14+/m0/s1. The van der Waals surface area contributed by atoms with Gasteiger partial charge in [0, 0.05) is 30.7 Å². The second kappa shape index (κ2) is 5.55. The Morgan fingerprint density at radius 1 is 1.22 bits per heavy atom. The van der Waals surface area contributed by atoms with E-state index >= 15 is 0 Å². The summed E-state index contributed by atoms with van der Waals surface area (Å²) in [6.07, 6.45) is 5.08. The summed E-state index contributed by atoms with van der Waals surface area (Å²) >= 11 is 0. The van der Waals surface area contributed by atoms with Gasteiger partial charge in [0.25, 0.3) is 0 Å². The van der Waals surface area contributed by atoms with Gasteiger partial charge in [0.1, 0.15) is 5.75 Å². The monoisotopic (exact) mass is 247 g/mol.